The standard InChI is InChI=1S/C24H16N4O3S2/c29-23-20-9-5-4-8-19(20)21(14-22(23)32-24-25-15-26-27-24)28-33(30,31)18-12-10-17(11-13-18)16-6-2-1-3-7-16/h1-15H,(H,25,26,27). The van der Waals surface area contributed by atoms with E-state index < -0.39 is 10.0 Å². The summed E-state index contributed by atoms with van der Waals surface area (Å²) in [4.78, 5) is 17.3. The summed E-state index contributed by atoms with van der Waals surface area (Å²) < 4.78 is 30.3. The Kier molecular flexibility index (Phi) is 5.49. The van der Waals surface area contributed by atoms with E-state index in [0.29, 0.717) is 21.2 Å². The van der Waals surface area contributed by atoms with Crippen molar-refractivity contribution in [1.82, 2.24) is 15.2 Å². The molecule has 9 heteroatoms. The maximum atomic E-state index is 13.1. The number of H-pyrrole nitrogens is 1. The SMILES string of the molecule is O=C1C(Sc2ncn[nH]2)=CC(=NS(=O)(=O)c2ccc(-c3ccccc3)cc2)c2ccccc21. The summed E-state index contributed by atoms with van der Waals surface area (Å²) >= 11 is 1.07. The summed E-state index contributed by atoms with van der Waals surface area (Å²) in [7, 11) is -4.02. The Hall–Kier alpha value is -3.82. The predicted molar refractivity (Wildman–Crippen MR) is 127 cm³/mol. The highest BCUT2D eigenvalue weighted by Crippen LogP contribution is 2.32. The fraction of sp³-hybridized carbons (Fsp3) is 0. The maximum absolute atomic E-state index is 13.1. The van der Waals surface area contributed by atoms with E-state index in [4.69, 9.17) is 0 Å². The van der Waals surface area contributed by atoms with Crippen LogP contribution in [0.3, 0.4) is 0 Å². The fourth-order valence-corrected chi connectivity index (χ4v) is 5.21. The van der Waals surface area contributed by atoms with E-state index >= 15 is 0 Å². The molecule has 7 nitrogen and oxygen atoms in total. The van der Waals surface area contributed by atoms with Gasteiger partial charge in [-0.25, -0.2) is 4.98 Å². The molecule has 0 saturated carbocycles. The minimum absolute atomic E-state index is 0.0712. The summed E-state index contributed by atoms with van der Waals surface area (Å²) in [6, 6.07) is 23.1. The van der Waals surface area contributed by atoms with Gasteiger partial charge in [0.05, 0.1) is 15.5 Å². The quantitative estimate of drug-likeness (QED) is 0.458. The number of nitrogens with zero attached hydrogens (tertiary/aromatic N) is 3. The van der Waals surface area contributed by atoms with E-state index in [1.807, 2.05) is 30.3 Å². The molecule has 1 aliphatic carbocycles. The molecule has 1 heterocycles. The monoisotopic (exact) mass is 472 g/mol. The van der Waals surface area contributed by atoms with Crippen LogP contribution in [0, 0.1) is 0 Å². The van der Waals surface area contributed by atoms with E-state index in [1.165, 1.54) is 24.5 Å². The molecular formula is C24H16N4O3S2. The molecule has 33 heavy (non-hydrogen) atoms. The van der Waals surface area contributed by atoms with E-state index in [9.17, 15) is 13.2 Å². The first kappa shape index (κ1) is 21.0. The third-order valence-electron chi connectivity index (χ3n) is 5.02. The number of Topliss-reactive ketones (excluding diaryl/α,β-unsaturated/α-hetero) is 1. The van der Waals surface area contributed by atoms with Crippen LogP contribution < -0.4 is 0 Å². The molecular weight excluding hydrogens is 456 g/mol. The van der Waals surface area contributed by atoms with Crippen LogP contribution in [-0.4, -0.2) is 35.1 Å². The lowest BCUT2D eigenvalue weighted by Gasteiger charge is -2.16. The van der Waals surface area contributed by atoms with Crippen molar-refractivity contribution in [2.75, 3.05) is 0 Å². The van der Waals surface area contributed by atoms with Crippen molar-refractivity contribution in [3.05, 3.63) is 107 Å². The third-order valence-corrected chi connectivity index (χ3v) is 7.23. The Balaban J connectivity index is 1.54. The van der Waals surface area contributed by atoms with Crippen LogP contribution in [0.2, 0.25) is 0 Å². The van der Waals surface area contributed by atoms with Crippen molar-refractivity contribution in [2.45, 2.75) is 10.1 Å². The van der Waals surface area contributed by atoms with Crippen LogP contribution in [0.15, 0.2) is 111 Å². The number of hydrogen-bond acceptors (Lipinski definition) is 6. The first-order valence-corrected chi connectivity index (χ1v) is 12.2. The van der Waals surface area contributed by atoms with E-state index in [2.05, 4.69) is 19.6 Å². The highest BCUT2D eigenvalue weighted by molar-refractivity contribution is 8.04. The lowest BCUT2D eigenvalue weighted by molar-refractivity contribution is 0.104. The maximum Gasteiger partial charge on any atom is 0.282 e. The number of aromatic nitrogens is 3. The van der Waals surface area contributed by atoms with Gasteiger partial charge >= 0.3 is 0 Å². The number of carbonyl (C=O) groups is 1. The van der Waals surface area contributed by atoms with E-state index in [-0.39, 0.29) is 16.4 Å². The number of ketones is 1. The fourth-order valence-electron chi connectivity index (χ4n) is 3.44. The second kappa shape index (κ2) is 8.61. The second-order valence-electron chi connectivity index (χ2n) is 7.12. The number of sulfonamides is 1. The minimum atomic E-state index is -4.02. The van der Waals surface area contributed by atoms with E-state index in [1.54, 1.807) is 36.4 Å². The molecule has 4 aromatic rings. The average molecular weight is 473 g/mol. The van der Waals surface area contributed by atoms with Gasteiger partial charge in [0, 0.05) is 11.1 Å². The van der Waals surface area contributed by atoms with Crippen LogP contribution in [0.5, 0.6) is 0 Å². The van der Waals surface area contributed by atoms with Crippen LogP contribution in [0.4, 0.5) is 0 Å². The number of nitrogens with one attached hydrogen (secondary N) is 1. The van der Waals surface area contributed by atoms with Gasteiger partial charge in [0.25, 0.3) is 10.0 Å². The molecule has 0 saturated heterocycles. The highest BCUT2D eigenvalue weighted by Gasteiger charge is 2.27. The van der Waals surface area contributed by atoms with Gasteiger partial charge in [-0.05, 0) is 41.1 Å². The second-order valence-corrected chi connectivity index (χ2v) is 9.75. The smallest absolute Gasteiger partial charge is 0.282 e. The Morgan fingerprint density at radius 2 is 1.48 bits per heavy atom. The molecule has 0 fully saturated rings. The molecule has 0 atom stereocenters. The summed E-state index contributed by atoms with van der Waals surface area (Å²) in [6.07, 6.45) is 2.82. The number of fused-ring (bicyclic) bond motifs is 1. The van der Waals surface area contributed by atoms with Crippen LogP contribution in [0.25, 0.3) is 11.1 Å². The number of thioether (sulfide) groups is 1. The molecule has 3 aromatic carbocycles. The van der Waals surface area contributed by atoms with Crippen LogP contribution >= 0.6 is 11.8 Å². The van der Waals surface area contributed by atoms with Gasteiger partial charge in [0.1, 0.15) is 6.33 Å². The van der Waals surface area contributed by atoms with Crippen molar-refractivity contribution < 1.29 is 13.2 Å². The number of carbonyl (C=O) groups excluding carboxylic acids is 1. The predicted octanol–water partition coefficient (Wildman–Crippen LogP) is 4.52. The topological polar surface area (TPSA) is 105 Å². The first-order chi connectivity index (χ1) is 16.0. The summed E-state index contributed by atoms with van der Waals surface area (Å²) in [5, 5.41) is 6.89. The normalized spacial score (nSPS) is 14.7. The number of rotatable bonds is 5. The molecule has 1 aromatic heterocycles. The molecule has 0 spiro atoms. The van der Waals surface area contributed by atoms with Crippen molar-refractivity contribution in [3.8, 4) is 11.1 Å². The van der Waals surface area contributed by atoms with Gasteiger partial charge in [-0.1, -0.05) is 66.7 Å². The lowest BCUT2D eigenvalue weighted by atomic mass is 9.94. The van der Waals surface area contributed by atoms with Crippen LogP contribution in [0.1, 0.15) is 15.9 Å². The zero-order chi connectivity index (χ0) is 22.8. The lowest BCUT2D eigenvalue weighted by Crippen LogP contribution is -2.17. The van der Waals surface area contributed by atoms with Crippen molar-refractivity contribution in [3.63, 3.8) is 0 Å². The van der Waals surface area contributed by atoms with Gasteiger partial charge in [-0.2, -0.15) is 17.9 Å². The Morgan fingerprint density at radius 1 is 0.818 bits per heavy atom. The molecule has 0 bridgehead atoms. The Morgan fingerprint density at radius 3 is 2.18 bits per heavy atom. The van der Waals surface area contributed by atoms with Crippen molar-refractivity contribution in [1.29, 1.82) is 0 Å². The molecule has 1 N–H and O–H groups in total. The first-order valence-electron chi connectivity index (χ1n) is 9.91. The Labute approximate surface area is 194 Å². The average Bonchev–Trinajstić information content (AvgIpc) is 3.36. The van der Waals surface area contributed by atoms with Gasteiger partial charge in [-0.15, -0.1) is 0 Å². The largest absolute Gasteiger partial charge is 0.288 e. The summed E-state index contributed by atoms with van der Waals surface area (Å²) in [5.74, 6) is -0.226. The zero-order valence-electron chi connectivity index (χ0n) is 17.0. The van der Waals surface area contributed by atoms with Crippen LogP contribution in [-0.2, 0) is 10.0 Å². The Bertz CT molecular complexity index is 1490. The summed E-state index contributed by atoms with van der Waals surface area (Å²) in [6.45, 7) is 0. The van der Waals surface area contributed by atoms with Crippen molar-refractivity contribution >= 4 is 33.3 Å². The summed E-state index contributed by atoms with van der Waals surface area (Å²) in [5.41, 5.74) is 2.94. The molecule has 162 valence electrons. The third kappa shape index (κ3) is 4.28. The van der Waals surface area contributed by atoms with E-state index in [0.717, 1.165) is 22.9 Å². The number of benzene rings is 3. The van der Waals surface area contributed by atoms with Gasteiger partial charge in [0.2, 0.25) is 5.78 Å². The zero-order valence-corrected chi connectivity index (χ0v) is 18.7. The number of aromatic amines is 1. The number of hydrogen-bond donors (Lipinski definition) is 1. The highest BCUT2D eigenvalue weighted by atomic mass is 32.2. The molecule has 0 radical (unpaired) electrons. The van der Waals surface area contributed by atoms with Gasteiger partial charge in [0.15, 0.2) is 5.16 Å². The minimum Gasteiger partial charge on any atom is -0.288 e. The van der Waals surface area contributed by atoms with Crippen molar-refractivity contribution in [2.24, 2.45) is 4.40 Å². The van der Waals surface area contributed by atoms with Gasteiger partial charge < -0.3 is 0 Å². The van der Waals surface area contributed by atoms with Gasteiger partial charge in [-0.3, -0.25) is 9.89 Å². The molecule has 0 unspecified atom stereocenters. The molecule has 0 amide bonds. The molecule has 5 rings (SSSR count). The molecule has 0 aliphatic heterocycles. The number of allylic oxidation sites excluding steroid dienone is 2. The molecule has 1 aliphatic rings.